The molecule has 0 N–H and O–H groups in total. The molecule has 0 spiro atoms. The van der Waals surface area contributed by atoms with E-state index >= 15 is 0 Å². The molecule has 0 radical (unpaired) electrons. The summed E-state index contributed by atoms with van der Waals surface area (Å²) in [6.07, 6.45) is 4.48. The van der Waals surface area contributed by atoms with Crippen molar-refractivity contribution >= 4 is 71.8 Å². The largest absolute Gasteiger partial charge is 0.294 e. The lowest BCUT2D eigenvalue weighted by molar-refractivity contribution is 1.21. The SMILES string of the molecule is C1=Cc2cc3c(cc2N(c2cc(-c4ccccc4)c4ccccc4n2)c2ccccc21)sc1ccccc13. The van der Waals surface area contributed by atoms with Crippen LogP contribution in [0.25, 0.3) is 54.4 Å². The van der Waals surface area contributed by atoms with Gasteiger partial charge in [-0.25, -0.2) is 4.98 Å². The quantitative estimate of drug-likeness (QED) is 0.234. The Hall–Kier alpha value is -4.73. The lowest BCUT2D eigenvalue weighted by Gasteiger charge is -2.27. The van der Waals surface area contributed by atoms with Crippen molar-refractivity contribution in [3.8, 4) is 11.1 Å². The van der Waals surface area contributed by atoms with E-state index in [4.69, 9.17) is 4.98 Å². The predicted octanol–water partition coefficient (Wildman–Crippen LogP) is 10.2. The van der Waals surface area contributed by atoms with Gasteiger partial charge in [-0.05, 0) is 58.7 Å². The molecule has 178 valence electrons. The minimum atomic E-state index is 0.917. The minimum Gasteiger partial charge on any atom is -0.294 e. The van der Waals surface area contributed by atoms with Gasteiger partial charge in [0.2, 0.25) is 0 Å². The van der Waals surface area contributed by atoms with Crippen LogP contribution in [0.1, 0.15) is 11.1 Å². The second kappa shape index (κ2) is 8.41. The fourth-order valence-corrected chi connectivity index (χ4v) is 6.75. The number of pyridine rings is 1. The van der Waals surface area contributed by atoms with Crippen LogP contribution in [0.2, 0.25) is 0 Å². The molecule has 1 aliphatic heterocycles. The highest BCUT2D eigenvalue weighted by atomic mass is 32.1. The lowest BCUT2D eigenvalue weighted by atomic mass is 10.0. The van der Waals surface area contributed by atoms with Gasteiger partial charge in [-0.2, -0.15) is 0 Å². The van der Waals surface area contributed by atoms with Gasteiger partial charge < -0.3 is 0 Å². The van der Waals surface area contributed by atoms with Crippen molar-refractivity contribution in [3.63, 3.8) is 0 Å². The average molecular weight is 503 g/mol. The number of rotatable bonds is 2. The second-order valence-electron chi connectivity index (χ2n) is 9.64. The fraction of sp³-hybridized carbons (Fsp3) is 0. The van der Waals surface area contributed by atoms with E-state index < -0.39 is 0 Å². The van der Waals surface area contributed by atoms with Crippen molar-refractivity contribution in [1.82, 2.24) is 4.98 Å². The molecule has 3 heteroatoms. The highest BCUT2D eigenvalue weighted by Gasteiger charge is 2.23. The van der Waals surface area contributed by atoms with Crippen molar-refractivity contribution in [3.05, 3.63) is 132 Å². The standard InChI is InChI=1S/C35H22N2S/c1-2-10-23(11-3-1)28-21-35(36-30-15-7-5-13-26(28)30)37-31-16-8-4-12-24(31)18-19-25-20-29-27-14-6-9-17-33(27)38-34(29)22-32(25)37/h1-22H. The van der Waals surface area contributed by atoms with Gasteiger partial charge in [0, 0.05) is 25.6 Å². The highest BCUT2D eigenvalue weighted by molar-refractivity contribution is 7.25. The molecular weight excluding hydrogens is 480 g/mol. The molecule has 7 aromatic rings. The smallest absolute Gasteiger partial charge is 0.138 e. The number of nitrogens with zero attached hydrogens (tertiary/aromatic N) is 2. The number of hydrogen-bond acceptors (Lipinski definition) is 3. The van der Waals surface area contributed by atoms with Gasteiger partial charge in [0.25, 0.3) is 0 Å². The average Bonchev–Trinajstić information content (AvgIpc) is 3.25. The summed E-state index contributed by atoms with van der Waals surface area (Å²) >= 11 is 1.85. The molecule has 0 saturated carbocycles. The van der Waals surface area contributed by atoms with Gasteiger partial charge in [-0.1, -0.05) is 97.1 Å². The Bertz CT molecular complexity index is 2040. The summed E-state index contributed by atoms with van der Waals surface area (Å²) in [5.41, 5.74) is 8.00. The lowest BCUT2D eigenvalue weighted by Crippen LogP contribution is -2.13. The molecule has 3 heterocycles. The summed E-state index contributed by atoms with van der Waals surface area (Å²) < 4.78 is 2.60. The van der Waals surface area contributed by atoms with E-state index in [1.807, 2.05) is 11.3 Å². The number of benzene rings is 5. The van der Waals surface area contributed by atoms with Crippen LogP contribution in [0.4, 0.5) is 17.2 Å². The van der Waals surface area contributed by atoms with Crippen molar-refractivity contribution in [2.75, 3.05) is 4.90 Å². The van der Waals surface area contributed by atoms with E-state index in [0.717, 1.165) is 28.1 Å². The molecule has 0 unspecified atom stereocenters. The Balaban J connectivity index is 1.45. The molecule has 8 rings (SSSR count). The molecule has 1 aliphatic rings. The van der Waals surface area contributed by atoms with Crippen LogP contribution in [-0.2, 0) is 0 Å². The first-order valence-electron chi connectivity index (χ1n) is 12.8. The van der Waals surface area contributed by atoms with E-state index in [1.165, 1.54) is 42.4 Å². The number of para-hydroxylation sites is 2. The molecule has 0 saturated heterocycles. The molecule has 0 atom stereocenters. The number of fused-ring (bicyclic) bond motifs is 6. The first-order chi connectivity index (χ1) is 18.8. The molecule has 0 fully saturated rings. The molecule has 38 heavy (non-hydrogen) atoms. The van der Waals surface area contributed by atoms with Crippen molar-refractivity contribution < 1.29 is 0 Å². The summed E-state index contributed by atoms with van der Waals surface area (Å²) in [4.78, 5) is 7.59. The normalized spacial score (nSPS) is 12.6. The van der Waals surface area contributed by atoms with Gasteiger partial charge >= 0.3 is 0 Å². The Morgan fingerprint density at radius 1 is 0.526 bits per heavy atom. The van der Waals surface area contributed by atoms with E-state index in [1.54, 1.807) is 0 Å². The molecule has 0 amide bonds. The molecule has 2 aromatic heterocycles. The number of thiophene rings is 1. The van der Waals surface area contributed by atoms with Gasteiger partial charge in [-0.3, -0.25) is 4.90 Å². The Morgan fingerprint density at radius 3 is 2.18 bits per heavy atom. The molecule has 5 aromatic carbocycles. The first kappa shape index (κ1) is 21.4. The molecule has 0 aliphatic carbocycles. The Morgan fingerprint density at radius 2 is 1.26 bits per heavy atom. The van der Waals surface area contributed by atoms with Gasteiger partial charge in [-0.15, -0.1) is 11.3 Å². The van der Waals surface area contributed by atoms with Crippen LogP contribution in [-0.4, -0.2) is 4.98 Å². The third kappa shape index (κ3) is 3.29. The zero-order chi connectivity index (χ0) is 25.1. The summed E-state index contributed by atoms with van der Waals surface area (Å²) in [6.45, 7) is 0. The Labute approximate surface area is 224 Å². The summed E-state index contributed by atoms with van der Waals surface area (Å²) in [6, 6.07) is 43.3. The van der Waals surface area contributed by atoms with Crippen LogP contribution < -0.4 is 4.90 Å². The predicted molar refractivity (Wildman–Crippen MR) is 164 cm³/mol. The minimum absolute atomic E-state index is 0.917. The van der Waals surface area contributed by atoms with Crippen LogP contribution in [0, 0.1) is 0 Å². The van der Waals surface area contributed by atoms with Gasteiger partial charge in [0.15, 0.2) is 0 Å². The van der Waals surface area contributed by atoms with Crippen molar-refractivity contribution in [1.29, 1.82) is 0 Å². The van der Waals surface area contributed by atoms with Gasteiger partial charge in [0.1, 0.15) is 5.82 Å². The zero-order valence-corrected chi connectivity index (χ0v) is 21.3. The maximum absolute atomic E-state index is 5.25. The van der Waals surface area contributed by atoms with Crippen molar-refractivity contribution in [2.24, 2.45) is 0 Å². The molecule has 2 nitrogen and oxygen atoms in total. The van der Waals surface area contributed by atoms with E-state index in [2.05, 4.69) is 138 Å². The summed E-state index contributed by atoms with van der Waals surface area (Å²) in [7, 11) is 0. The van der Waals surface area contributed by atoms with Crippen molar-refractivity contribution in [2.45, 2.75) is 0 Å². The number of aromatic nitrogens is 1. The second-order valence-corrected chi connectivity index (χ2v) is 10.7. The summed E-state index contributed by atoms with van der Waals surface area (Å²) in [5, 5.41) is 3.77. The zero-order valence-electron chi connectivity index (χ0n) is 20.5. The maximum atomic E-state index is 5.25. The molecular formula is C35H22N2S. The number of hydrogen-bond donors (Lipinski definition) is 0. The topological polar surface area (TPSA) is 16.1 Å². The van der Waals surface area contributed by atoms with Crippen LogP contribution in [0.15, 0.2) is 121 Å². The van der Waals surface area contributed by atoms with Crippen LogP contribution in [0.3, 0.4) is 0 Å². The first-order valence-corrected chi connectivity index (χ1v) is 13.6. The van der Waals surface area contributed by atoms with E-state index in [9.17, 15) is 0 Å². The Kier molecular flexibility index (Phi) is 4.73. The highest BCUT2D eigenvalue weighted by Crippen LogP contribution is 2.46. The van der Waals surface area contributed by atoms with Gasteiger partial charge in [0.05, 0.1) is 16.9 Å². The van der Waals surface area contributed by atoms with Crippen LogP contribution >= 0.6 is 11.3 Å². The van der Waals surface area contributed by atoms with E-state index in [-0.39, 0.29) is 0 Å². The van der Waals surface area contributed by atoms with E-state index in [0.29, 0.717) is 0 Å². The third-order valence-corrected chi connectivity index (χ3v) is 8.54. The third-order valence-electron chi connectivity index (χ3n) is 7.40. The monoisotopic (exact) mass is 502 g/mol. The fourth-order valence-electron chi connectivity index (χ4n) is 5.63. The summed E-state index contributed by atoms with van der Waals surface area (Å²) in [5.74, 6) is 0.917. The maximum Gasteiger partial charge on any atom is 0.138 e. The van der Waals surface area contributed by atoms with Crippen LogP contribution in [0.5, 0.6) is 0 Å². The molecule has 0 bridgehead atoms. The number of anilines is 3.